The number of carbonyl (C=O) groups excluding carboxylic acids is 1. The molecule has 140 valence electrons. The second kappa shape index (κ2) is 8.70. The molecule has 0 spiro atoms. The highest BCUT2D eigenvalue weighted by Crippen LogP contribution is 2.24. The van der Waals surface area contributed by atoms with E-state index in [9.17, 15) is 13.2 Å². The molecule has 0 aromatic heterocycles. The van der Waals surface area contributed by atoms with E-state index in [0.717, 1.165) is 21.2 Å². The average Bonchev–Trinajstić information content (AvgIpc) is 2.62. The third kappa shape index (κ3) is 5.09. The van der Waals surface area contributed by atoms with Crippen LogP contribution in [0.4, 0.5) is 5.69 Å². The van der Waals surface area contributed by atoms with Gasteiger partial charge in [0.2, 0.25) is 15.9 Å². The summed E-state index contributed by atoms with van der Waals surface area (Å²) in [6, 6.07) is 14.7. The summed E-state index contributed by atoms with van der Waals surface area (Å²) in [6.07, 6.45) is 0. The van der Waals surface area contributed by atoms with Crippen LogP contribution in [0.3, 0.4) is 0 Å². The Kier molecular flexibility index (Phi) is 6.86. The van der Waals surface area contributed by atoms with Crippen LogP contribution in [0.5, 0.6) is 0 Å². The van der Waals surface area contributed by atoms with Crippen LogP contribution in [-0.2, 0) is 20.6 Å². The molecule has 0 aliphatic rings. The summed E-state index contributed by atoms with van der Waals surface area (Å²) in [5.41, 5.74) is 2.49. The molecule has 1 N–H and O–H groups in total. The van der Waals surface area contributed by atoms with E-state index in [1.807, 2.05) is 44.2 Å². The lowest BCUT2D eigenvalue weighted by Crippen LogP contribution is -2.24. The number of nitrogens with zero attached hydrogens (tertiary/aromatic N) is 1. The Morgan fingerprint density at radius 1 is 1.15 bits per heavy atom. The number of sulfonamides is 1. The van der Waals surface area contributed by atoms with Crippen LogP contribution >= 0.6 is 11.8 Å². The predicted molar refractivity (Wildman–Crippen MR) is 108 cm³/mol. The van der Waals surface area contributed by atoms with Crippen molar-refractivity contribution in [3.8, 4) is 0 Å². The van der Waals surface area contributed by atoms with Gasteiger partial charge < -0.3 is 5.32 Å². The van der Waals surface area contributed by atoms with Crippen LogP contribution in [-0.4, -0.2) is 38.0 Å². The number of anilines is 1. The lowest BCUT2D eigenvalue weighted by atomic mass is 10.2. The van der Waals surface area contributed by atoms with Crippen molar-refractivity contribution in [3.63, 3.8) is 0 Å². The molecule has 0 aliphatic carbocycles. The van der Waals surface area contributed by atoms with Gasteiger partial charge in [-0.1, -0.05) is 36.4 Å². The minimum atomic E-state index is -3.54. The Morgan fingerprint density at radius 2 is 1.81 bits per heavy atom. The second-order valence-corrected chi connectivity index (χ2v) is 9.67. The van der Waals surface area contributed by atoms with E-state index >= 15 is 0 Å². The number of hydrogen-bond donors (Lipinski definition) is 1. The molecule has 2 aromatic rings. The van der Waals surface area contributed by atoms with Gasteiger partial charge >= 0.3 is 0 Å². The van der Waals surface area contributed by atoms with E-state index in [0.29, 0.717) is 5.69 Å². The van der Waals surface area contributed by atoms with Gasteiger partial charge in [0, 0.05) is 25.5 Å². The van der Waals surface area contributed by atoms with Crippen molar-refractivity contribution in [3.05, 3.63) is 59.7 Å². The average molecular weight is 393 g/mol. The maximum atomic E-state index is 12.5. The van der Waals surface area contributed by atoms with E-state index in [2.05, 4.69) is 5.32 Å². The van der Waals surface area contributed by atoms with Crippen LogP contribution < -0.4 is 5.32 Å². The highest BCUT2D eigenvalue weighted by atomic mass is 32.2. The van der Waals surface area contributed by atoms with Gasteiger partial charge in [-0.2, -0.15) is 0 Å². The normalized spacial score (nSPS) is 12.8. The number of hydrogen-bond acceptors (Lipinski definition) is 4. The third-order valence-corrected chi connectivity index (χ3v) is 6.98. The largest absolute Gasteiger partial charge is 0.325 e. The molecule has 2 aromatic carbocycles. The summed E-state index contributed by atoms with van der Waals surface area (Å²) in [5, 5.41) is 2.59. The molecule has 0 heterocycles. The number of aryl methyl sites for hydroxylation is 1. The zero-order chi connectivity index (χ0) is 19.3. The molecular weight excluding hydrogens is 368 g/mol. The Labute approximate surface area is 159 Å². The minimum Gasteiger partial charge on any atom is -0.325 e. The van der Waals surface area contributed by atoms with E-state index in [-0.39, 0.29) is 16.1 Å². The fourth-order valence-electron chi connectivity index (χ4n) is 2.21. The highest BCUT2D eigenvalue weighted by Gasteiger charge is 2.20. The van der Waals surface area contributed by atoms with Crippen LogP contribution in [0.2, 0.25) is 0 Å². The molecule has 0 bridgehead atoms. The first-order valence-electron chi connectivity index (χ1n) is 8.21. The number of thioether (sulfide) groups is 1. The van der Waals surface area contributed by atoms with Gasteiger partial charge in [-0.3, -0.25) is 4.79 Å². The lowest BCUT2D eigenvalue weighted by Gasteiger charge is -2.16. The fraction of sp³-hybridized carbons (Fsp3) is 0.316. The van der Waals surface area contributed by atoms with Gasteiger partial charge in [0.15, 0.2) is 0 Å². The molecule has 1 amide bonds. The maximum absolute atomic E-state index is 12.5. The number of carbonyl (C=O) groups is 1. The van der Waals surface area contributed by atoms with E-state index in [1.165, 1.54) is 31.9 Å². The fourth-order valence-corrected chi connectivity index (χ4v) is 3.99. The first-order valence-corrected chi connectivity index (χ1v) is 10.7. The van der Waals surface area contributed by atoms with Gasteiger partial charge in [0.1, 0.15) is 0 Å². The first-order chi connectivity index (χ1) is 12.2. The van der Waals surface area contributed by atoms with Crippen molar-refractivity contribution >= 4 is 33.4 Å². The Balaban J connectivity index is 2.08. The molecule has 0 radical (unpaired) electrons. The molecular formula is C19H24N2O3S2. The monoisotopic (exact) mass is 392 g/mol. The molecule has 1 unspecified atom stereocenters. The zero-order valence-corrected chi connectivity index (χ0v) is 17.0. The summed E-state index contributed by atoms with van der Waals surface area (Å²) in [6.45, 7) is 3.68. The quantitative estimate of drug-likeness (QED) is 0.783. The van der Waals surface area contributed by atoms with Crippen molar-refractivity contribution in [2.45, 2.75) is 29.7 Å². The number of benzene rings is 2. The molecule has 0 saturated heterocycles. The molecule has 2 rings (SSSR count). The minimum absolute atomic E-state index is 0.145. The standard InChI is InChI=1S/C19H24N2O3S2/c1-14-10-11-17(26(23,24)21(3)4)12-18(14)20-19(22)15(2)25-13-16-8-6-5-7-9-16/h5-12,15H,13H2,1-4H3,(H,20,22). The molecule has 0 saturated carbocycles. The smallest absolute Gasteiger partial charge is 0.242 e. The molecule has 7 heteroatoms. The SMILES string of the molecule is Cc1ccc(S(=O)(=O)N(C)C)cc1NC(=O)C(C)SCc1ccccc1. The molecule has 5 nitrogen and oxygen atoms in total. The Hall–Kier alpha value is -1.83. The Morgan fingerprint density at radius 3 is 2.42 bits per heavy atom. The van der Waals surface area contributed by atoms with Crippen LogP contribution in [0.1, 0.15) is 18.1 Å². The van der Waals surface area contributed by atoms with Gasteiger partial charge in [-0.25, -0.2) is 12.7 Å². The van der Waals surface area contributed by atoms with Crippen molar-refractivity contribution < 1.29 is 13.2 Å². The number of amides is 1. The Bertz CT molecular complexity index is 866. The topological polar surface area (TPSA) is 66.5 Å². The van der Waals surface area contributed by atoms with Crippen molar-refractivity contribution in [2.24, 2.45) is 0 Å². The summed E-state index contributed by atoms with van der Waals surface area (Å²) in [4.78, 5) is 12.6. The van der Waals surface area contributed by atoms with Crippen molar-refractivity contribution in [2.75, 3.05) is 19.4 Å². The first kappa shape index (κ1) is 20.5. The predicted octanol–water partition coefficient (Wildman–Crippen LogP) is 3.51. The zero-order valence-electron chi connectivity index (χ0n) is 15.4. The van der Waals surface area contributed by atoms with Crippen molar-refractivity contribution in [1.29, 1.82) is 0 Å². The number of nitrogens with one attached hydrogen (secondary N) is 1. The van der Waals surface area contributed by atoms with E-state index in [4.69, 9.17) is 0 Å². The highest BCUT2D eigenvalue weighted by molar-refractivity contribution is 7.99. The third-order valence-electron chi connectivity index (χ3n) is 3.96. The van der Waals surface area contributed by atoms with Gasteiger partial charge in [-0.15, -0.1) is 11.8 Å². The van der Waals surface area contributed by atoms with Crippen LogP contribution in [0.15, 0.2) is 53.4 Å². The molecule has 0 aliphatic heterocycles. The van der Waals surface area contributed by atoms with Gasteiger partial charge in [-0.05, 0) is 37.1 Å². The van der Waals surface area contributed by atoms with Crippen LogP contribution in [0, 0.1) is 6.92 Å². The maximum Gasteiger partial charge on any atom is 0.242 e. The van der Waals surface area contributed by atoms with Crippen LogP contribution in [0.25, 0.3) is 0 Å². The molecule has 0 fully saturated rings. The molecule has 26 heavy (non-hydrogen) atoms. The molecule has 1 atom stereocenters. The number of rotatable bonds is 7. The summed E-state index contributed by atoms with van der Waals surface area (Å²) >= 11 is 1.54. The summed E-state index contributed by atoms with van der Waals surface area (Å²) < 4.78 is 25.7. The summed E-state index contributed by atoms with van der Waals surface area (Å²) in [7, 11) is -0.578. The van der Waals surface area contributed by atoms with E-state index < -0.39 is 10.0 Å². The van der Waals surface area contributed by atoms with E-state index in [1.54, 1.807) is 12.1 Å². The van der Waals surface area contributed by atoms with Gasteiger partial charge in [0.25, 0.3) is 0 Å². The van der Waals surface area contributed by atoms with Crippen molar-refractivity contribution in [1.82, 2.24) is 4.31 Å². The van der Waals surface area contributed by atoms with Gasteiger partial charge in [0.05, 0.1) is 10.1 Å². The second-order valence-electron chi connectivity index (χ2n) is 6.19. The lowest BCUT2D eigenvalue weighted by molar-refractivity contribution is -0.115. The summed E-state index contributed by atoms with van der Waals surface area (Å²) in [5.74, 6) is 0.595.